The average molecular weight is 246 g/mol. The van der Waals surface area contributed by atoms with Crippen LogP contribution in [0.15, 0.2) is 24.3 Å². The monoisotopic (exact) mass is 246 g/mol. The fourth-order valence-electron chi connectivity index (χ4n) is 3.26. The normalized spacial score (nSPS) is 18.4. The van der Waals surface area contributed by atoms with Crippen LogP contribution in [0.5, 0.6) is 0 Å². The summed E-state index contributed by atoms with van der Waals surface area (Å²) in [7, 11) is 2.25. The topological polar surface area (TPSA) is 29.3 Å². The lowest BCUT2D eigenvalue weighted by Crippen LogP contribution is -2.37. The van der Waals surface area contributed by atoms with Crippen LogP contribution < -0.4 is 5.73 Å². The summed E-state index contributed by atoms with van der Waals surface area (Å²) in [6.45, 7) is 2.94. The van der Waals surface area contributed by atoms with Crippen LogP contribution in [0.2, 0.25) is 0 Å². The molecule has 2 nitrogen and oxygen atoms in total. The van der Waals surface area contributed by atoms with E-state index in [1.807, 2.05) is 0 Å². The van der Waals surface area contributed by atoms with Gasteiger partial charge in [-0.25, -0.2) is 0 Å². The SMILES string of the molecule is CCc1ccccc1C(CN)N(C)C1CCCC1. The highest BCUT2D eigenvalue weighted by Crippen LogP contribution is 2.30. The van der Waals surface area contributed by atoms with E-state index < -0.39 is 0 Å². The zero-order valence-corrected chi connectivity index (χ0v) is 11.7. The molecule has 0 saturated heterocycles. The molecule has 100 valence electrons. The minimum Gasteiger partial charge on any atom is -0.329 e. The summed E-state index contributed by atoms with van der Waals surface area (Å²) in [6.07, 6.45) is 6.51. The van der Waals surface area contributed by atoms with Gasteiger partial charge in [-0.3, -0.25) is 4.90 Å². The van der Waals surface area contributed by atoms with Gasteiger partial charge in [0, 0.05) is 18.6 Å². The van der Waals surface area contributed by atoms with E-state index in [-0.39, 0.29) is 0 Å². The molecule has 1 unspecified atom stereocenters. The van der Waals surface area contributed by atoms with E-state index in [1.165, 1.54) is 36.8 Å². The molecule has 1 aromatic carbocycles. The second kappa shape index (κ2) is 6.35. The summed E-state index contributed by atoms with van der Waals surface area (Å²) in [5.41, 5.74) is 8.93. The summed E-state index contributed by atoms with van der Waals surface area (Å²) in [5.74, 6) is 0. The first-order valence-corrected chi connectivity index (χ1v) is 7.27. The number of hydrogen-bond acceptors (Lipinski definition) is 2. The van der Waals surface area contributed by atoms with Crippen molar-refractivity contribution in [2.45, 2.75) is 51.1 Å². The van der Waals surface area contributed by atoms with Crippen molar-refractivity contribution in [3.63, 3.8) is 0 Å². The maximum atomic E-state index is 6.06. The molecule has 1 saturated carbocycles. The number of benzene rings is 1. The Labute approximate surface area is 111 Å². The van der Waals surface area contributed by atoms with Crippen LogP contribution in [0.1, 0.15) is 49.8 Å². The van der Waals surface area contributed by atoms with Crippen LogP contribution in [-0.2, 0) is 6.42 Å². The molecule has 1 atom stereocenters. The second-order valence-corrected chi connectivity index (χ2v) is 5.41. The average Bonchev–Trinajstić information content (AvgIpc) is 2.94. The van der Waals surface area contributed by atoms with E-state index in [1.54, 1.807) is 0 Å². The minimum atomic E-state index is 0.379. The molecule has 1 aliphatic carbocycles. The molecular weight excluding hydrogens is 220 g/mol. The van der Waals surface area contributed by atoms with Gasteiger partial charge in [-0.1, -0.05) is 44.0 Å². The lowest BCUT2D eigenvalue weighted by molar-refractivity contribution is 0.179. The standard InChI is InChI=1S/C16H26N2/c1-3-13-8-4-7-11-15(13)16(12-17)18(2)14-9-5-6-10-14/h4,7-8,11,14,16H,3,5-6,9-10,12,17H2,1-2H3. The Morgan fingerprint density at radius 2 is 1.94 bits per heavy atom. The van der Waals surface area contributed by atoms with Crippen LogP contribution in [0.3, 0.4) is 0 Å². The molecule has 0 radical (unpaired) electrons. The maximum Gasteiger partial charge on any atom is 0.0473 e. The number of rotatable bonds is 5. The third-order valence-electron chi connectivity index (χ3n) is 4.41. The van der Waals surface area contributed by atoms with Gasteiger partial charge in [-0.2, -0.15) is 0 Å². The first-order valence-electron chi connectivity index (χ1n) is 7.27. The summed E-state index contributed by atoms with van der Waals surface area (Å²) in [4.78, 5) is 2.52. The van der Waals surface area contributed by atoms with E-state index in [9.17, 15) is 0 Å². The van der Waals surface area contributed by atoms with Crippen molar-refractivity contribution in [1.82, 2.24) is 4.90 Å². The molecule has 18 heavy (non-hydrogen) atoms. The lowest BCUT2D eigenvalue weighted by Gasteiger charge is -2.33. The lowest BCUT2D eigenvalue weighted by atomic mass is 9.96. The summed E-state index contributed by atoms with van der Waals surface area (Å²) < 4.78 is 0. The fraction of sp³-hybridized carbons (Fsp3) is 0.625. The van der Waals surface area contributed by atoms with Crippen LogP contribution in [-0.4, -0.2) is 24.5 Å². The third-order valence-corrected chi connectivity index (χ3v) is 4.41. The second-order valence-electron chi connectivity index (χ2n) is 5.41. The first kappa shape index (κ1) is 13.6. The van der Waals surface area contributed by atoms with Crippen molar-refractivity contribution >= 4 is 0 Å². The van der Waals surface area contributed by atoms with Gasteiger partial charge in [0.25, 0.3) is 0 Å². The Hall–Kier alpha value is -0.860. The molecule has 2 rings (SSSR count). The molecule has 0 amide bonds. The summed E-state index contributed by atoms with van der Waals surface area (Å²) in [5, 5.41) is 0. The van der Waals surface area contributed by atoms with E-state index in [0.29, 0.717) is 12.6 Å². The molecule has 2 heteroatoms. The Bertz CT molecular complexity index is 369. The first-order chi connectivity index (χ1) is 8.77. The predicted octanol–water partition coefficient (Wildman–Crippen LogP) is 3.12. The van der Waals surface area contributed by atoms with E-state index in [4.69, 9.17) is 5.73 Å². The smallest absolute Gasteiger partial charge is 0.0473 e. The highest BCUT2D eigenvalue weighted by Gasteiger charge is 2.26. The van der Waals surface area contributed by atoms with Gasteiger partial charge < -0.3 is 5.73 Å². The zero-order chi connectivity index (χ0) is 13.0. The highest BCUT2D eigenvalue weighted by molar-refractivity contribution is 5.30. The van der Waals surface area contributed by atoms with Gasteiger partial charge in [0.15, 0.2) is 0 Å². The molecule has 1 aromatic rings. The largest absolute Gasteiger partial charge is 0.329 e. The Morgan fingerprint density at radius 1 is 1.28 bits per heavy atom. The van der Waals surface area contributed by atoms with Crippen molar-refractivity contribution in [1.29, 1.82) is 0 Å². The number of hydrogen-bond donors (Lipinski definition) is 1. The maximum absolute atomic E-state index is 6.06. The quantitative estimate of drug-likeness (QED) is 0.865. The molecule has 0 spiro atoms. The molecular formula is C16H26N2. The highest BCUT2D eigenvalue weighted by atomic mass is 15.2. The summed E-state index contributed by atoms with van der Waals surface area (Å²) >= 11 is 0. The number of aryl methyl sites for hydroxylation is 1. The van der Waals surface area contributed by atoms with Gasteiger partial charge in [0.1, 0.15) is 0 Å². The van der Waals surface area contributed by atoms with Crippen molar-refractivity contribution in [2.75, 3.05) is 13.6 Å². The van der Waals surface area contributed by atoms with Crippen molar-refractivity contribution < 1.29 is 0 Å². The van der Waals surface area contributed by atoms with E-state index in [2.05, 4.69) is 43.1 Å². The molecule has 0 aromatic heterocycles. The van der Waals surface area contributed by atoms with E-state index in [0.717, 1.165) is 12.5 Å². The van der Waals surface area contributed by atoms with Gasteiger partial charge in [0.05, 0.1) is 0 Å². The minimum absolute atomic E-state index is 0.379. The Kier molecular flexibility index (Phi) is 4.79. The molecule has 1 fully saturated rings. The Balaban J connectivity index is 2.21. The van der Waals surface area contributed by atoms with Crippen molar-refractivity contribution in [2.24, 2.45) is 5.73 Å². The molecule has 0 heterocycles. The number of nitrogens with two attached hydrogens (primary N) is 1. The van der Waals surface area contributed by atoms with Crippen LogP contribution in [0.4, 0.5) is 0 Å². The van der Waals surface area contributed by atoms with Crippen LogP contribution in [0.25, 0.3) is 0 Å². The Morgan fingerprint density at radius 3 is 2.56 bits per heavy atom. The molecule has 0 aliphatic heterocycles. The van der Waals surface area contributed by atoms with Gasteiger partial charge in [-0.05, 0) is 37.4 Å². The molecule has 0 bridgehead atoms. The van der Waals surface area contributed by atoms with Gasteiger partial charge >= 0.3 is 0 Å². The van der Waals surface area contributed by atoms with E-state index >= 15 is 0 Å². The van der Waals surface area contributed by atoms with Gasteiger partial charge in [-0.15, -0.1) is 0 Å². The predicted molar refractivity (Wildman–Crippen MR) is 77.6 cm³/mol. The van der Waals surface area contributed by atoms with Gasteiger partial charge in [0.2, 0.25) is 0 Å². The summed E-state index contributed by atoms with van der Waals surface area (Å²) in [6, 6.07) is 9.86. The molecule has 2 N–H and O–H groups in total. The number of nitrogens with zero attached hydrogens (tertiary/aromatic N) is 1. The number of likely N-dealkylation sites (N-methyl/N-ethyl adjacent to an activating group) is 1. The van der Waals surface area contributed by atoms with Crippen molar-refractivity contribution in [3.05, 3.63) is 35.4 Å². The molecule has 1 aliphatic rings. The fourth-order valence-corrected chi connectivity index (χ4v) is 3.26. The van der Waals surface area contributed by atoms with Crippen LogP contribution in [0, 0.1) is 0 Å². The zero-order valence-electron chi connectivity index (χ0n) is 11.7. The third kappa shape index (κ3) is 2.76. The van der Waals surface area contributed by atoms with Crippen molar-refractivity contribution in [3.8, 4) is 0 Å². The van der Waals surface area contributed by atoms with Crippen LogP contribution >= 0.6 is 0 Å².